The summed E-state index contributed by atoms with van der Waals surface area (Å²) in [6.07, 6.45) is 0. The Hall–Kier alpha value is -9.65. The summed E-state index contributed by atoms with van der Waals surface area (Å²) >= 11 is 0. The second-order valence-corrected chi connectivity index (χ2v) is 17.7. The van der Waals surface area contributed by atoms with E-state index in [1.807, 2.05) is 30.3 Å². The van der Waals surface area contributed by atoms with Crippen LogP contribution in [0.15, 0.2) is 253 Å². The molecule has 0 bridgehead atoms. The Morgan fingerprint density at radius 3 is 1.15 bits per heavy atom. The molecule has 0 saturated carbocycles. The van der Waals surface area contributed by atoms with E-state index in [2.05, 4.69) is 218 Å². The normalized spacial score (nSPS) is 11.4. The molecular weight excluding hydrogens is 867 g/mol. The summed E-state index contributed by atoms with van der Waals surface area (Å²) in [7, 11) is 0. The second-order valence-electron chi connectivity index (χ2n) is 17.7. The van der Waals surface area contributed by atoms with Crippen LogP contribution in [0.1, 0.15) is 0 Å². The van der Waals surface area contributed by atoms with Gasteiger partial charge in [-0.1, -0.05) is 206 Å². The number of furan rings is 1. The number of aromatic nitrogens is 5. The van der Waals surface area contributed by atoms with Gasteiger partial charge in [0.1, 0.15) is 11.2 Å². The minimum atomic E-state index is 0.588. The van der Waals surface area contributed by atoms with E-state index >= 15 is 0 Å². The molecule has 0 aliphatic carbocycles. The molecule has 10 aromatic carbocycles. The van der Waals surface area contributed by atoms with Gasteiger partial charge in [-0.25, -0.2) is 24.9 Å². The number of benzene rings is 10. The molecule has 0 unspecified atom stereocenters. The predicted molar refractivity (Wildman–Crippen MR) is 289 cm³/mol. The molecule has 6 heteroatoms. The molecule has 3 aromatic heterocycles. The van der Waals surface area contributed by atoms with Crippen molar-refractivity contribution in [1.82, 2.24) is 24.9 Å². The van der Waals surface area contributed by atoms with E-state index in [-0.39, 0.29) is 0 Å². The third-order valence-corrected chi connectivity index (χ3v) is 13.1. The first kappa shape index (κ1) is 41.5. The van der Waals surface area contributed by atoms with Gasteiger partial charge in [0.05, 0.1) is 11.4 Å². The number of hydrogen-bond acceptors (Lipinski definition) is 6. The molecule has 0 atom stereocenters. The lowest BCUT2D eigenvalue weighted by atomic mass is 9.98. The summed E-state index contributed by atoms with van der Waals surface area (Å²) in [5, 5.41) is 4.50. The van der Waals surface area contributed by atoms with Gasteiger partial charge in [0.15, 0.2) is 23.3 Å². The van der Waals surface area contributed by atoms with Gasteiger partial charge >= 0.3 is 0 Å². The van der Waals surface area contributed by atoms with Crippen molar-refractivity contribution in [3.8, 4) is 101 Å². The Labute approximate surface area is 410 Å². The third-order valence-electron chi connectivity index (χ3n) is 13.1. The zero-order chi connectivity index (χ0) is 47.1. The van der Waals surface area contributed by atoms with Crippen LogP contribution in [0.5, 0.6) is 0 Å². The maximum atomic E-state index is 6.50. The van der Waals surface area contributed by atoms with Crippen molar-refractivity contribution in [2.45, 2.75) is 0 Å². The largest absolute Gasteiger partial charge is 0.456 e. The van der Waals surface area contributed by atoms with Crippen molar-refractivity contribution < 1.29 is 4.42 Å². The quantitative estimate of drug-likeness (QED) is 0.144. The van der Waals surface area contributed by atoms with Crippen LogP contribution in [0.2, 0.25) is 0 Å². The molecule has 0 spiro atoms. The first-order chi connectivity index (χ1) is 35.1. The summed E-state index contributed by atoms with van der Waals surface area (Å²) < 4.78 is 6.50. The van der Waals surface area contributed by atoms with E-state index in [1.165, 1.54) is 5.39 Å². The lowest BCUT2D eigenvalue weighted by molar-refractivity contribution is 0.669. The number of fused-ring (bicyclic) bond motifs is 4. The van der Waals surface area contributed by atoms with E-state index in [0.717, 1.165) is 105 Å². The highest BCUT2D eigenvalue weighted by molar-refractivity contribution is 6.10. The van der Waals surface area contributed by atoms with E-state index in [4.69, 9.17) is 29.3 Å². The Morgan fingerprint density at radius 1 is 0.211 bits per heavy atom. The Morgan fingerprint density at radius 2 is 0.577 bits per heavy atom. The highest BCUT2D eigenvalue weighted by Crippen LogP contribution is 2.37. The van der Waals surface area contributed by atoms with Crippen LogP contribution in [-0.4, -0.2) is 24.9 Å². The molecule has 3 heterocycles. The Balaban J connectivity index is 0.877. The van der Waals surface area contributed by atoms with Gasteiger partial charge in [0.2, 0.25) is 0 Å². The van der Waals surface area contributed by atoms with Gasteiger partial charge < -0.3 is 4.42 Å². The fraction of sp³-hybridized carbons (Fsp3) is 0. The number of nitrogens with zero attached hydrogens (tertiary/aromatic N) is 5. The van der Waals surface area contributed by atoms with Crippen molar-refractivity contribution in [2.75, 3.05) is 0 Å². The van der Waals surface area contributed by atoms with Crippen LogP contribution in [0.4, 0.5) is 0 Å². The molecule has 13 rings (SSSR count). The molecule has 0 radical (unpaired) electrons. The molecule has 6 nitrogen and oxygen atoms in total. The molecule has 13 aromatic rings. The van der Waals surface area contributed by atoms with Crippen molar-refractivity contribution in [2.24, 2.45) is 0 Å². The van der Waals surface area contributed by atoms with Gasteiger partial charge in [0, 0.05) is 44.2 Å². The molecule has 71 heavy (non-hydrogen) atoms. The van der Waals surface area contributed by atoms with Crippen LogP contribution in [-0.2, 0) is 0 Å². The van der Waals surface area contributed by atoms with Crippen LogP contribution in [0.3, 0.4) is 0 Å². The van der Waals surface area contributed by atoms with Crippen molar-refractivity contribution in [3.05, 3.63) is 249 Å². The summed E-state index contributed by atoms with van der Waals surface area (Å²) in [5.41, 5.74) is 15.5. The minimum absolute atomic E-state index is 0.588. The maximum absolute atomic E-state index is 6.50. The Bertz CT molecular complexity index is 3980. The predicted octanol–water partition coefficient (Wildman–Crippen LogP) is 16.7. The SMILES string of the molecule is c1ccc(-c2ccc(-c3nc(-c4ccc(-c5ccccc5)cc4)nc(-c4cccc(-c5cccc(-c6cc(-c7ccc8c(c7)oc7cc9ccccc9cc78)nc(-c7ccccc7)n6)c5)c4)n3)cc2)cc1. The van der Waals surface area contributed by atoms with Gasteiger partial charge in [-0.3, -0.25) is 0 Å². The fourth-order valence-electron chi connectivity index (χ4n) is 9.42. The molecule has 0 aliphatic rings. The van der Waals surface area contributed by atoms with Crippen LogP contribution < -0.4 is 0 Å². The molecule has 0 aliphatic heterocycles. The molecule has 0 N–H and O–H groups in total. The lowest BCUT2D eigenvalue weighted by Gasteiger charge is -2.12. The van der Waals surface area contributed by atoms with E-state index < -0.39 is 0 Å². The molecular formula is C65H41N5O. The van der Waals surface area contributed by atoms with Crippen LogP contribution >= 0.6 is 0 Å². The average molecular weight is 908 g/mol. The van der Waals surface area contributed by atoms with Gasteiger partial charge in [-0.05, 0) is 86.6 Å². The first-order valence-corrected chi connectivity index (χ1v) is 23.7. The highest BCUT2D eigenvalue weighted by Gasteiger charge is 2.17. The molecule has 0 amide bonds. The van der Waals surface area contributed by atoms with Crippen LogP contribution in [0, 0.1) is 0 Å². The number of rotatable bonds is 9. The summed E-state index contributed by atoms with van der Waals surface area (Å²) in [4.78, 5) is 25.7. The lowest BCUT2D eigenvalue weighted by Crippen LogP contribution is -2.00. The maximum Gasteiger partial charge on any atom is 0.164 e. The zero-order valence-electron chi connectivity index (χ0n) is 38.3. The van der Waals surface area contributed by atoms with Gasteiger partial charge in [0.25, 0.3) is 0 Å². The molecule has 0 fully saturated rings. The molecule has 332 valence electrons. The minimum Gasteiger partial charge on any atom is -0.456 e. The van der Waals surface area contributed by atoms with Crippen LogP contribution in [0.25, 0.3) is 134 Å². The van der Waals surface area contributed by atoms with E-state index in [0.29, 0.717) is 23.3 Å². The standard InChI is InChI=1S/C65H41N5O/c1-4-14-42(15-5-1)44-26-30-47(31-27-44)63-68-64(48-32-28-45(29-33-48)43-16-6-2-7-17-43)70-65(69-63)55-25-13-23-50(37-55)49-22-12-24-53(36-49)58-41-59(67-62(66-58)46-18-8-3-9-19-46)54-34-35-56-57-38-51-20-10-11-21-52(51)39-61(57)71-60(56)40-54/h1-41H. The first-order valence-electron chi connectivity index (χ1n) is 23.7. The van der Waals surface area contributed by atoms with E-state index in [1.54, 1.807) is 0 Å². The average Bonchev–Trinajstić information content (AvgIpc) is 3.81. The third kappa shape index (κ3) is 8.19. The summed E-state index contributed by atoms with van der Waals surface area (Å²) in [6.45, 7) is 0. The van der Waals surface area contributed by atoms with Gasteiger partial charge in [-0.2, -0.15) is 0 Å². The fourth-order valence-corrected chi connectivity index (χ4v) is 9.42. The van der Waals surface area contributed by atoms with Gasteiger partial charge in [-0.15, -0.1) is 0 Å². The second kappa shape index (κ2) is 17.8. The monoisotopic (exact) mass is 907 g/mol. The summed E-state index contributed by atoms with van der Waals surface area (Å²) in [6, 6.07) is 85.9. The summed E-state index contributed by atoms with van der Waals surface area (Å²) in [5.74, 6) is 2.44. The zero-order valence-corrected chi connectivity index (χ0v) is 38.3. The topological polar surface area (TPSA) is 77.6 Å². The molecule has 0 saturated heterocycles. The van der Waals surface area contributed by atoms with Crippen molar-refractivity contribution in [3.63, 3.8) is 0 Å². The van der Waals surface area contributed by atoms with Crippen molar-refractivity contribution in [1.29, 1.82) is 0 Å². The van der Waals surface area contributed by atoms with Crippen molar-refractivity contribution >= 4 is 32.7 Å². The Kier molecular flexibility index (Phi) is 10.4. The van der Waals surface area contributed by atoms with E-state index in [9.17, 15) is 0 Å². The smallest absolute Gasteiger partial charge is 0.164 e. The highest BCUT2D eigenvalue weighted by atomic mass is 16.3. The number of hydrogen-bond donors (Lipinski definition) is 0.